The molecule has 0 bridgehead atoms. The first-order chi connectivity index (χ1) is 7.63. The van der Waals surface area contributed by atoms with Gasteiger partial charge in [-0.1, -0.05) is 12.1 Å². The van der Waals surface area contributed by atoms with Gasteiger partial charge in [-0.25, -0.2) is 9.78 Å². The predicted octanol–water partition coefficient (Wildman–Crippen LogP) is 2.37. The first kappa shape index (κ1) is 10.9. The predicted molar refractivity (Wildman–Crippen MR) is 65.2 cm³/mol. The van der Waals surface area contributed by atoms with Gasteiger partial charge in [0.1, 0.15) is 5.82 Å². The van der Waals surface area contributed by atoms with Crippen LogP contribution in [0, 0.1) is 0 Å². The fourth-order valence-corrected chi connectivity index (χ4v) is 1.97. The molecule has 1 heterocycles. The van der Waals surface area contributed by atoms with Gasteiger partial charge in [0.2, 0.25) is 0 Å². The average molecular weight is 281 g/mol. The van der Waals surface area contributed by atoms with E-state index in [1.54, 1.807) is 6.07 Å². The number of anilines is 1. The molecular formula is C11H9BrN2O2. The van der Waals surface area contributed by atoms with Crippen LogP contribution in [0.4, 0.5) is 5.82 Å². The van der Waals surface area contributed by atoms with E-state index < -0.39 is 5.97 Å². The highest BCUT2D eigenvalue weighted by Gasteiger charge is 2.13. The van der Waals surface area contributed by atoms with Gasteiger partial charge in [-0.3, -0.25) is 0 Å². The van der Waals surface area contributed by atoms with Gasteiger partial charge in [0, 0.05) is 9.86 Å². The van der Waals surface area contributed by atoms with Crippen molar-refractivity contribution in [3.8, 4) is 0 Å². The summed E-state index contributed by atoms with van der Waals surface area (Å²) in [7, 11) is 1.34. The average Bonchev–Trinajstić information content (AvgIpc) is 2.28. The monoisotopic (exact) mass is 280 g/mol. The van der Waals surface area contributed by atoms with Crippen molar-refractivity contribution in [2.24, 2.45) is 0 Å². The Labute approximate surface area is 101 Å². The van der Waals surface area contributed by atoms with Crippen molar-refractivity contribution < 1.29 is 9.53 Å². The zero-order valence-corrected chi connectivity index (χ0v) is 10.1. The van der Waals surface area contributed by atoms with Crippen LogP contribution in [0.15, 0.2) is 28.7 Å². The van der Waals surface area contributed by atoms with Gasteiger partial charge < -0.3 is 10.5 Å². The summed E-state index contributed by atoms with van der Waals surface area (Å²) in [5.41, 5.74) is 6.72. The van der Waals surface area contributed by atoms with E-state index in [2.05, 4.69) is 20.9 Å². The van der Waals surface area contributed by atoms with Gasteiger partial charge in [0.25, 0.3) is 0 Å². The molecule has 0 unspecified atom stereocenters. The van der Waals surface area contributed by atoms with Crippen LogP contribution in [0.5, 0.6) is 0 Å². The Morgan fingerprint density at radius 3 is 2.94 bits per heavy atom. The molecule has 0 aliphatic heterocycles. The summed E-state index contributed by atoms with van der Waals surface area (Å²) < 4.78 is 5.50. The molecule has 1 aromatic heterocycles. The number of pyridine rings is 1. The van der Waals surface area contributed by atoms with Gasteiger partial charge in [-0.2, -0.15) is 0 Å². The number of nitrogen functional groups attached to an aromatic ring is 1. The minimum atomic E-state index is -0.419. The molecule has 0 fully saturated rings. The summed E-state index contributed by atoms with van der Waals surface area (Å²) >= 11 is 3.37. The maximum Gasteiger partial charge on any atom is 0.338 e. The number of halogens is 1. The van der Waals surface area contributed by atoms with Crippen LogP contribution in [0.25, 0.3) is 10.9 Å². The summed E-state index contributed by atoms with van der Waals surface area (Å²) in [4.78, 5) is 15.7. The van der Waals surface area contributed by atoms with Crippen LogP contribution in [-0.4, -0.2) is 18.1 Å². The van der Waals surface area contributed by atoms with Crippen molar-refractivity contribution in [3.63, 3.8) is 0 Å². The molecule has 0 radical (unpaired) electrons. The fourth-order valence-electron chi connectivity index (χ4n) is 1.51. The third kappa shape index (κ3) is 1.74. The Kier molecular flexibility index (Phi) is 2.78. The van der Waals surface area contributed by atoms with Crippen molar-refractivity contribution in [2.45, 2.75) is 0 Å². The first-order valence-electron chi connectivity index (χ1n) is 4.56. The molecule has 0 saturated carbocycles. The third-order valence-electron chi connectivity index (χ3n) is 2.22. The Morgan fingerprint density at radius 2 is 2.25 bits per heavy atom. The lowest BCUT2D eigenvalue weighted by Gasteiger charge is -2.06. The normalized spacial score (nSPS) is 10.4. The smallest absolute Gasteiger partial charge is 0.338 e. The number of esters is 1. The molecule has 0 amide bonds. The zero-order valence-electron chi connectivity index (χ0n) is 8.53. The number of para-hydroxylation sites is 1. The highest BCUT2D eigenvalue weighted by molar-refractivity contribution is 9.10. The van der Waals surface area contributed by atoms with Crippen molar-refractivity contribution in [1.82, 2.24) is 4.98 Å². The number of benzene rings is 1. The Bertz CT molecular complexity index is 569. The van der Waals surface area contributed by atoms with Gasteiger partial charge >= 0.3 is 5.97 Å². The molecule has 1 aromatic carbocycles. The van der Waals surface area contributed by atoms with E-state index in [0.717, 1.165) is 9.86 Å². The van der Waals surface area contributed by atoms with Crippen LogP contribution in [0.3, 0.4) is 0 Å². The lowest BCUT2D eigenvalue weighted by atomic mass is 10.1. The standard InChI is InChI=1S/C11H9BrN2O2/c1-16-11(15)7-5-9(13)14-10-6(7)3-2-4-8(10)12/h2-5H,1H3,(H2,13,14). The number of hydrogen-bond donors (Lipinski definition) is 1. The molecule has 2 aromatic rings. The molecule has 0 aliphatic carbocycles. The molecule has 5 heteroatoms. The number of aromatic nitrogens is 1. The molecule has 16 heavy (non-hydrogen) atoms. The van der Waals surface area contributed by atoms with Crippen molar-refractivity contribution in [1.29, 1.82) is 0 Å². The summed E-state index contributed by atoms with van der Waals surface area (Å²) in [5, 5.41) is 0.718. The van der Waals surface area contributed by atoms with Gasteiger partial charge in [-0.05, 0) is 28.1 Å². The quantitative estimate of drug-likeness (QED) is 0.815. The highest BCUT2D eigenvalue weighted by Crippen LogP contribution is 2.26. The molecule has 0 atom stereocenters. The molecule has 4 nitrogen and oxygen atoms in total. The van der Waals surface area contributed by atoms with E-state index in [-0.39, 0.29) is 0 Å². The van der Waals surface area contributed by atoms with Crippen LogP contribution in [0.1, 0.15) is 10.4 Å². The number of methoxy groups -OCH3 is 1. The number of carbonyl (C=O) groups is 1. The van der Waals surface area contributed by atoms with E-state index in [1.165, 1.54) is 13.2 Å². The molecule has 0 saturated heterocycles. The van der Waals surface area contributed by atoms with Crippen molar-refractivity contribution in [2.75, 3.05) is 12.8 Å². The van der Waals surface area contributed by atoms with Crippen LogP contribution in [-0.2, 0) is 4.74 Å². The minimum Gasteiger partial charge on any atom is -0.465 e. The van der Waals surface area contributed by atoms with E-state index in [9.17, 15) is 4.79 Å². The van der Waals surface area contributed by atoms with Crippen LogP contribution < -0.4 is 5.73 Å². The van der Waals surface area contributed by atoms with E-state index in [4.69, 9.17) is 10.5 Å². The van der Waals surface area contributed by atoms with Crippen LogP contribution in [0.2, 0.25) is 0 Å². The molecule has 82 valence electrons. The third-order valence-corrected chi connectivity index (χ3v) is 2.86. The summed E-state index contributed by atoms with van der Waals surface area (Å²) in [6, 6.07) is 6.99. The molecular weight excluding hydrogens is 272 g/mol. The maximum absolute atomic E-state index is 11.6. The first-order valence-corrected chi connectivity index (χ1v) is 5.36. The number of ether oxygens (including phenoxy) is 1. The van der Waals surface area contributed by atoms with Crippen molar-refractivity contribution in [3.05, 3.63) is 34.3 Å². The molecule has 0 aliphatic rings. The molecule has 2 rings (SSSR count). The van der Waals surface area contributed by atoms with E-state index in [0.29, 0.717) is 16.9 Å². The Balaban J connectivity index is 2.83. The molecule has 0 spiro atoms. The number of carbonyl (C=O) groups excluding carboxylic acids is 1. The summed E-state index contributed by atoms with van der Waals surface area (Å²) in [6.45, 7) is 0. The second-order valence-corrected chi connectivity index (χ2v) is 4.08. The summed E-state index contributed by atoms with van der Waals surface area (Å²) in [5.74, 6) is -0.128. The lowest BCUT2D eigenvalue weighted by molar-refractivity contribution is 0.0603. The minimum absolute atomic E-state index is 0.291. The number of nitrogens with zero attached hydrogens (tertiary/aromatic N) is 1. The van der Waals surface area contributed by atoms with Gasteiger partial charge in [0.15, 0.2) is 0 Å². The van der Waals surface area contributed by atoms with Gasteiger partial charge in [0.05, 0.1) is 18.2 Å². The number of nitrogens with two attached hydrogens (primary N) is 1. The number of fused-ring (bicyclic) bond motifs is 1. The number of rotatable bonds is 1. The topological polar surface area (TPSA) is 65.2 Å². The SMILES string of the molecule is COC(=O)c1cc(N)nc2c(Br)cccc12. The fraction of sp³-hybridized carbons (Fsp3) is 0.0909. The largest absolute Gasteiger partial charge is 0.465 e. The van der Waals surface area contributed by atoms with Gasteiger partial charge in [-0.15, -0.1) is 0 Å². The zero-order chi connectivity index (χ0) is 11.7. The lowest BCUT2D eigenvalue weighted by Crippen LogP contribution is -2.05. The second kappa shape index (κ2) is 4.09. The highest BCUT2D eigenvalue weighted by atomic mass is 79.9. The Hall–Kier alpha value is -1.62. The van der Waals surface area contributed by atoms with E-state index in [1.807, 2.05) is 12.1 Å². The number of hydrogen-bond acceptors (Lipinski definition) is 4. The Morgan fingerprint density at radius 1 is 1.50 bits per heavy atom. The van der Waals surface area contributed by atoms with E-state index >= 15 is 0 Å². The molecule has 2 N–H and O–H groups in total. The van der Waals surface area contributed by atoms with Crippen molar-refractivity contribution >= 4 is 38.6 Å². The maximum atomic E-state index is 11.6. The van der Waals surface area contributed by atoms with Crippen LogP contribution >= 0.6 is 15.9 Å². The second-order valence-electron chi connectivity index (χ2n) is 3.22. The summed E-state index contributed by atoms with van der Waals surface area (Å²) in [6.07, 6.45) is 0.